The molecule has 9 heteroatoms. The Morgan fingerprint density at radius 1 is 1.52 bits per heavy atom. The molecule has 1 fully saturated rings. The zero-order chi connectivity index (χ0) is 16.7. The first-order chi connectivity index (χ1) is 11.1. The van der Waals surface area contributed by atoms with Gasteiger partial charge in [0.15, 0.2) is 6.29 Å². The Morgan fingerprint density at radius 3 is 3.09 bits per heavy atom. The van der Waals surface area contributed by atoms with Gasteiger partial charge in [0.2, 0.25) is 0 Å². The number of pyridine rings is 1. The third-order valence-electron chi connectivity index (χ3n) is 3.21. The highest BCUT2D eigenvalue weighted by molar-refractivity contribution is 8.76. The molecule has 0 saturated carbocycles. The molecular formula is C14H20N2O5S2. The summed E-state index contributed by atoms with van der Waals surface area (Å²) < 4.78 is 10.1. The number of nitrogens with one attached hydrogen (secondary N) is 1. The van der Waals surface area contributed by atoms with E-state index in [1.165, 1.54) is 21.6 Å². The maximum absolute atomic E-state index is 11.7. The molecule has 1 saturated heterocycles. The largest absolute Gasteiger partial charge is 0.449 e. The molecule has 0 radical (unpaired) electrons. The van der Waals surface area contributed by atoms with Crippen molar-refractivity contribution >= 4 is 27.7 Å². The molecular weight excluding hydrogens is 340 g/mol. The molecule has 2 heterocycles. The van der Waals surface area contributed by atoms with Crippen molar-refractivity contribution in [3.05, 3.63) is 24.4 Å². The Bertz CT molecular complexity index is 493. The monoisotopic (exact) mass is 360 g/mol. The lowest BCUT2D eigenvalue weighted by molar-refractivity contribution is -0.201. The van der Waals surface area contributed by atoms with E-state index in [2.05, 4.69) is 10.3 Å². The van der Waals surface area contributed by atoms with E-state index < -0.39 is 30.6 Å². The van der Waals surface area contributed by atoms with Gasteiger partial charge in [0.25, 0.3) is 0 Å². The van der Waals surface area contributed by atoms with Gasteiger partial charge in [-0.1, -0.05) is 16.9 Å². The number of rotatable bonds is 6. The number of aliphatic hydroxyl groups is 2. The summed E-state index contributed by atoms with van der Waals surface area (Å²) in [5.41, 5.74) is 0. The van der Waals surface area contributed by atoms with Gasteiger partial charge in [-0.25, -0.2) is 9.78 Å². The molecule has 4 unspecified atom stereocenters. The Hall–Kier alpha value is -1.00. The number of carbonyl (C=O) groups excluding carboxylic acids is 1. The number of nitrogens with zero attached hydrogens (tertiary/aromatic N) is 1. The predicted molar refractivity (Wildman–Crippen MR) is 88.0 cm³/mol. The smallest absolute Gasteiger partial charge is 0.407 e. The number of aromatic nitrogens is 1. The molecule has 1 aromatic heterocycles. The van der Waals surface area contributed by atoms with Gasteiger partial charge in [-0.15, -0.1) is 0 Å². The third kappa shape index (κ3) is 6.19. The van der Waals surface area contributed by atoms with Crippen molar-refractivity contribution in [3.8, 4) is 0 Å². The van der Waals surface area contributed by atoms with Crippen molar-refractivity contribution in [1.29, 1.82) is 0 Å². The summed E-state index contributed by atoms with van der Waals surface area (Å²) in [6.07, 6.45) is -1.18. The van der Waals surface area contributed by atoms with Gasteiger partial charge in [0, 0.05) is 18.4 Å². The Balaban J connectivity index is 1.61. The van der Waals surface area contributed by atoms with Gasteiger partial charge in [0.05, 0.1) is 12.1 Å². The summed E-state index contributed by atoms with van der Waals surface area (Å²) in [5.74, 6) is 0.615. The molecule has 4 atom stereocenters. The lowest BCUT2D eigenvalue weighted by Crippen LogP contribution is -2.54. The Morgan fingerprint density at radius 2 is 2.35 bits per heavy atom. The summed E-state index contributed by atoms with van der Waals surface area (Å²) in [6.45, 7) is 1.88. The maximum atomic E-state index is 11.7. The van der Waals surface area contributed by atoms with Crippen molar-refractivity contribution in [2.45, 2.75) is 42.9 Å². The van der Waals surface area contributed by atoms with Gasteiger partial charge >= 0.3 is 6.09 Å². The topological polar surface area (TPSA) is 101 Å². The van der Waals surface area contributed by atoms with Crippen LogP contribution in [0.1, 0.15) is 13.3 Å². The van der Waals surface area contributed by atoms with Crippen LogP contribution in [-0.4, -0.2) is 58.2 Å². The summed E-state index contributed by atoms with van der Waals surface area (Å²) in [5, 5.41) is 22.9. The van der Waals surface area contributed by atoms with Crippen LogP contribution in [0.5, 0.6) is 0 Å². The Labute approximate surface area is 142 Å². The molecule has 128 valence electrons. The standard InChI is InChI=1S/C14H20N2O5S2/c1-9-13(18)10(8-12(17)21-9)16-14(19)20-6-7-22-23-11-4-2-3-5-15-11/h2-5,9-10,12-13,17-18H,6-8H2,1H3,(H,16,19). The van der Waals surface area contributed by atoms with Gasteiger partial charge < -0.3 is 25.0 Å². The number of ether oxygens (including phenoxy) is 2. The molecule has 23 heavy (non-hydrogen) atoms. The van der Waals surface area contributed by atoms with Crippen molar-refractivity contribution in [2.75, 3.05) is 12.4 Å². The second-order valence-electron chi connectivity index (χ2n) is 4.98. The lowest BCUT2D eigenvalue weighted by atomic mass is 10.00. The molecule has 1 aromatic rings. The van der Waals surface area contributed by atoms with E-state index in [0.717, 1.165) is 5.03 Å². The highest BCUT2D eigenvalue weighted by Gasteiger charge is 2.35. The molecule has 0 bridgehead atoms. The minimum absolute atomic E-state index is 0.130. The van der Waals surface area contributed by atoms with Crippen LogP contribution in [-0.2, 0) is 9.47 Å². The van der Waals surface area contributed by atoms with E-state index in [-0.39, 0.29) is 13.0 Å². The second kappa shape index (κ2) is 9.33. The number of aliphatic hydroxyl groups excluding tert-OH is 2. The van der Waals surface area contributed by atoms with Gasteiger partial charge in [-0.2, -0.15) is 0 Å². The molecule has 0 aromatic carbocycles. The number of hydrogen-bond donors (Lipinski definition) is 3. The quantitative estimate of drug-likeness (QED) is 0.517. The highest BCUT2D eigenvalue weighted by atomic mass is 33.1. The van der Waals surface area contributed by atoms with Crippen molar-refractivity contribution in [3.63, 3.8) is 0 Å². The summed E-state index contributed by atoms with van der Waals surface area (Å²) in [6, 6.07) is 5.08. The van der Waals surface area contributed by atoms with Crippen LogP contribution in [0.25, 0.3) is 0 Å². The van der Waals surface area contributed by atoms with E-state index in [4.69, 9.17) is 9.47 Å². The fraction of sp³-hybridized carbons (Fsp3) is 0.571. The normalized spacial score (nSPS) is 27.4. The summed E-state index contributed by atoms with van der Waals surface area (Å²) in [7, 11) is 3.05. The van der Waals surface area contributed by atoms with Gasteiger partial charge in [-0.05, 0) is 29.9 Å². The molecule has 0 aliphatic carbocycles. The van der Waals surface area contributed by atoms with E-state index >= 15 is 0 Å². The van der Waals surface area contributed by atoms with Crippen LogP contribution in [0.3, 0.4) is 0 Å². The van der Waals surface area contributed by atoms with Crippen molar-refractivity contribution in [2.24, 2.45) is 0 Å². The molecule has 2 rings (SSSR count). The zero-order valence-corrected chi connectivity index (χ0v) is 14.3. The second-order valence-corrected chi connectivity index (χ2v) is 7.42. The van der Waals surface area contributed by atoms with Crippen LogP contribution in [0, 0.1) is 0 Å². The average Bonchev–Trinajstić information content (AvgIpc) is 2.53. The van der Waals surface area contributed by atoms with Crippen molar-refractivity contribution in [1.82, 2.24) is 10.3 Å². The first-order valence-electron chi connectivity index (χ1n) is 7.21. The molecule has 7 nitrogen and oxygen atoms in total. The van der Waals surface area contributed by atoms with E-state index in [0.29, 0.717) is 5.75 Å². The third-order valence-corrected chi connectivity index (χ3v) is 5.43. The predicted octanol–water partition coefficient (Wildman–Crippen LogP) is 1.40. The van der Waals surface area contributed by atoms with Crippen LogP contribution < -0.4 is 5.32 Å². The fourth-order valence-corrected chi connectivity index (χ4v) is 3.78. The first-order valence-corrected chi connectivity index (χ1v) is 9.53. The zero-order valence-electron chi connectivity index (χ0n) is 12.6. The highest BCUT2D eigenvalue weighted by Crippen LogP contribution is 2.28. The van der Waals surface area contributed by atoms with E-state index in [1.807, 2.05) is 18.2 Å². The number of hydrogen-bond acceptors (Lipinski definition) is 8. The molecule has 1 amide bonds. The molecule has 1 aliphatic rings. The lowest BCUT2D eigenvalue weighted by Gasteiger charge is -2.35. The van der Waals surface area contributed by atoms with Crippen LogP contribution in [0.15, 0.2) is 29.4 Å². The van der Waals surface area contributed by atoms with Crippen LogP contribution in [0.4, 0.5) is 4.79 Å². The van der Waals surface area contributed by atoms with Gasteiger partial charge in [0.1, 0.15) is 17.7 Å². The van der Waals surface area contributed by atoms with E-state index in [1.54, 1.807) is 13.1 Å². The summed E-state index contributed by atoms with van der Waals surface area (Å²) in [4.78, 5) is 15.9. The fourth-order valence-electron chi connectivity index (χ4n) is 2.07. The van der Waals surface area contributed by atoms with Crippen molar-refractivity contribution < 1.29 is 24.5 Å². The van der Waals surface area contributed by atoms with E-state index in [9.17, 15) is 15.0 Å². The minimum atomic E-state index is -0.996. The SMILES string of the molecule is CC1OC(O)CC(NC(=O)OCCSSc2ccccn2)C1O. The average molecular weight is 360 g/mol. The molecule has 0 spiro atoms. The molecule has 1 aliphatic heterocycles. The van der Waals surface area contributed by atoms with Crippen LogP contribution >= 0.6 is 21.6 Å². The Kier molecular flexibility index (Phi) is 7.44. The number of alkyl carbamates (subject to hydrolysis) is 1. The van der Waals surface area contributed by atoms with Crippen LogP contribution in [0.2, 0.25) is 0 Å². The number of amides is 1. The first kappa shape index (κ1) is 18.3. The molecule has 3 N–H and O–H groups in total. The number of carbonyl (C=O) groups is 1. The minimum Gasteiger partial charge on any atom is -0.449 e. The maximum Gasteiger partial charge on any atom is 0.407 e. The van der Waals surface area contributed by atoms with Gasteiger partial charge in [-0.3, -0.25) is 0 Å². The summed E-state index contributed by atoms with van der Waals surface area (Å²) >= 11 is 0.